The second kappa shape index (κ2) is 6.75. The van der Waals surface area contributed by atoms with E-state index in [-0.39, 0.29) is 24.4 Å². The molecule has 1 saturated heterocycles. The van der Waals surface area contributed by atoms with Crippen molar-refractivity contribution in [1.82, 2.24) is 20.4 Å². The van der Waals surface area contributed by atoms with Crippen LogP contribution in [0.5, 0.6) is 0 Å². The van der Waals surface area contributed by atoms with Crippen LogP contribution < -0.4 is 10.6 Å². The van der Waals surface area contributed by atoms with Crippen LogP contribution in [0.1, 0.15) is 31.4 Å². The van der Waals surface area contributed by atoms with Gasteiger partial charge in [-0.25, -0.2) is 0 Å². The number of amides is 1. The van der Waals surface area contributed by atoms with Crippen LogP contribution in [0.25, 0.3) is 0 Å². The normalized spacial score (nSPS) is 20.2. The van der Waals surface area contributed by atoms with Crippen LogP contribution in [0.2, 0.25) is 0 Å². The van der Waals surface area contributed by atoms with E-state index in [4.69, 9.17) is 0 Å². The Morgan fingerprint density at radius 3 is 3.06 bits per heavy atom. The highest BCUT2D eigenvalue weighted by Gasteiger charge is 2.19. The lowest BCUT2D eigenvalue weighted by molar-refractivity contribution is -0.122. The highest BCUT2D eigenvalue weighted by Crippen LogP contribution is 2.14. The van der Waals surface area contributed by atoms with Crippen LogP contribution in [0.4, 0.5) is 0 Å². The summed E-state index contributed by atoms with van der Waals surface area (Å²) in [4.78, 5) is 11.8. The highest BCUT2D eigenvalue weighted by atomic mass is 35.5. The van der Waals surface area contributed by atoms with E-state index in [9.17, 15) is 4.79 Å². The SMILES string of the molecule is CC(NC(=O)CC1CCNC1)c1cnn(C)c1.Cl. The molecule has 2 heterocycles. The first-order valence-corrected chi connectivity index (χ1v) is 6.14. The van der Waals surface area contributed by atoms with E-state index in [0.717, 1.165) is 25.1 Å². The molecule has 0 radical (unpaired) electrons. The molecule has 0 bridgehead atoms. The molecule has 1 aliphatic rings. The number of hydrogen-bond acceptors (Lipinski definition) is 3. The van der Waals surface area contributed by atoms with Crippen molar-refractivity contribution < 1.29 is 4.79 Å². The zero-order chi connectivity index (χ0) is 12.3. The summed E-state index contributed by atoms with van der Waals surface area (Å²) in [6.07, 6.45) is 5.45. The molecular formula is C12H21ClN4O. The highest BCUT2D eigenvalue weighted by molar-refractivity contribution is 5.85. The van der Waals surface area contributed by atoms with Crippen molar-refractivity contribution in [3.8, 4) is 0 Å². The summed E-state index contributed by atoms with van der Waals surface area (Å²) in [5, 5.41) is 10.4. The van der Waals surface area contributed by atoms with Gasteiger partial charge in [0.1, 0.15) is 0 Å². The Kier molecular flexibility index (Phi) is 5.62. The van der Waals surface area contributed by atoms with Gasteiger partial charge in [0, 0.05) is 25.2 Å². The Balaban J connectivity index is 0.00000162. The van der Waals surface area contributed by atoms with Gasteiger partial charge in [0.25, 0.3) is 0 Å². The summed E-state index contributed by atoms with van der Waals surface area (Å²) in [6.45, 7) is 3.99. The van der Waals surface area contributed by atoms with Gasteiger partial charge in [-0.15, -0.1) is 12.4 Å². The summed E-state index contributed by atoms with van der Waals surface area (Å²) in [7, 11) is 1.88. The fourth-order valence-corrected chi connectivity index (χ4v) is 2.20. The third-order valence-electron chi connectivity index (χ3n) is 3.24. The molecule has 0 aromatic carbocycles. The smallest absolute Gasteiger partial charge is 0.220 e. The quantitative estimate of drug-likeness (QED) is 0.860. The average Bonchev–Trinajstić information content (AvgIpc) is 2.89. The maximum atomic E-state index is 11.8. The van der Waals surface area contributed by atoms with Gasteiger partial charge < -0.3 is 10.6 Å². The molecule has 1 amide bonds. The van der Waals surface area contributed by atoms with Crippen molar-refractivity contribution in [1.29, 1.82) is 0 Å². The number of rotatable bonds is 4. The van der Waals surface area contributed by atoms with Crippen LogP contribution in [0.15, 0.2) is 12.4 Å². The Bertz CT molecular complexity index is 387. The molecule has 5 nitrogen and oxygen atoms in total. The first kappa shape index (κ1) is 15.0. The molecule has 2 N–H and O–H groups in total. The van der Waals surface area contributed by atoms with Crippen molar-refractivity contribution in [2.24, 2.45) is 13.0 Å². The average molecular weight is 273 g/mol. The summed E-state index contributed by atoms with van der Waals surface area (Å²) in [5.41, 5.74) is 1.05. The first-order valence-electron chi connectivity index (χ1n) is 6.14. The minimum Gasteiger partial charge on any atom is -0.349 e. The second-order valence-corrected chi connectivity index (χ2v) is 4.80. The van der Waals surface area contributed by atoms with Gasteiger partial charge in [0.05, 0.1) is 12.2 Å². The molecule has 102 valence electrons. The predicted molar refractivity (Wildman–Crippen MR) is 72.6 cm³/mol. The van der Waals surface area contributed by atoms with Crippen molar-refractivity contribution in [2.45, 2.75) is 25.8 Å². The monoisotopic (exact) mass is 272 g/mol. The number of aromatic nitrogens is 2. The van der Waals surface area contributed by atoms with Crippen LogP contribution in [-0.2, 0) is 11.8 Å². The Labute approximate surface area is 114 Å². The molecule has 1 aromatic rings. The number of halogens is 1. The molecule has 0 spiro atoms. The third kappa shape index (κ3) is 3.99. The van der Waals surface area contributed by atoms with Crippen molar-refractivity contribution >= 4 is 18.3 Å². The van der Waals surface area contributed by atoms with Gasteiger partial charge in [0.2, 0.25) is 5.91 Å². The topological polar surface area (TPSA) is 59.0 Å². The lowest BCUT2D eigenvalue weighted by Crippen LogP contribution is -2.28. The lowest BCUT2D eigenvalue weighted by Gasteiger charge is -2.14. The van der Waals surface area contributed by atoms with Crippen LogP contribution in [0, 0.1) is 5.92 Å². The Hall–Kier alpha value is -1.07. The molecule has 2 rings (SSSR count). The van der Waals surface area contributed by atoms with E-state index in [1.807, 2.05) is 20.2 Å². The second-order valence-electron chi connectivity index (χ2n) is 4.80. The largest absolute Gasteiger partial charge is 0.349 e. The first-order chi connectivity index (χ1) is 8.15. The number of nitrogens with zero attached hydrogens (tertiary/aromatic N) is 2. The number of carbonyl (C=O) groups excluding carboxylic acids is 1. The van der Waals surface area contributed by atoms with Crippen LogP contribution >= 0.6 is 12.4 Å². The van der Waals surface area contributed by atoms with Gasteiger partial charge in [0.15, 0.2) is 0 Å². The molecule has 0 aliphatic carbocycles. The number of carbonyl (C=O) groups is 1. The molecule has 18 heavy (non-hydrogen) atoms. The van der Waals surface area contributed by atoms with E-state index >= 15 is 0 Å². The van der Waals surface area contributed by atoms with E-state index in [2.05, 4.69) is 15.7 Å². The van der Waals surface area contributed by atoms with E-state index in [1.165, 1.54) is 0 Å². The molecular weight excluding hydrogens is 252 g/mol. The molecule has 1 aromatic heterocycles. The zero-order valence-electron chi connectivity index (χ0n) is 10.8. The van der Waals surface area contributed by atoms with Crippen molar-refractivity contribution in [3.63, 3.8) is 0 Å². The number of aryl methyl sites for hydroxylation is 1. The summed E-state index contributed by atoms with van der Waals surface area (Å²) < 4.78 is 1.75. The number of hydrogen-bond donors (Lipinski definition) is 2. The van der Waals surface area contributed by atoms with Gasteiger partial charge in [-0.1, -0.05) is 0 Å². The summed E-state index contributed by atoms with van der Waals surface area (Å²) >= 11 is 0. The molecule has 2 atom stereocenters. The molecule has 2 unspecified atom stereocenters. The standard InChI is InChI=1S/C12H20N4O.ClH/c1-9(11-7-14-16(2)8-11)15-12(17)5-10-3-4-13-6-10;/h7-10,13H,3-6H2,1-2H3,(H,15,17);1H. The van der Waals surface area contributed by atoms with E-state index < -0.39 is 0 Å². The van der Waals surface area contributed by atoms with Crippen molar-refractivity contribution in [3.05, 3.63) is 18.0 Å². The van der Waals surface area contributed by atoms with Gasteiger partial charge in [-0.3, -0.25) is 9.48 Å². The molecule has 1 aliphatic heterocycles. The van der Waals surface area contributed by atoms with Gasteiger partial charge in [-0.2, -0.15) is 5.10 Å². The third-order valence-corrected chi connectivity index (χ3v) is 3.24. The Morgan fingerprint density at radius 2 is 2.50 bits per heavy atom. The molecule has 6 heteroatoms. The Morgan fingerprint density at radius 1 is 1.72 bits per heavy atom. The maximum absolute atomic E-state index is 11.8. The predicted octanol–water partition coefficient (Wildman–Crippen LogP) is 1.02. The van der Waals surface area contributed by atoms with Gasteiger partial charge in [-0.05, 0) is 32.4 Å². The van der Waals surface area contributed by atoms with E-state index in [1.54, 1.807) is 10.9 Å². The minimum absolute atomic E-state index is 0. The number of nitrogens with one attached hydrogen (secondary N) is 2. The fraction of sp³-hybridized carbons (Fsp3) is 0.667. The molecule has 1 fully saturated rings. The minimum atomic E-state index is 0. The lowest BCUT2D eigenvalue weighted by atomic mass is 10.0. The van der Waals surface area contributed by atoms with Crippen molar-refractivity contribution in [2.75, 3.05) is 13.1 Å². The van der Waals surface area contributed by atoms with E-state index in [0.29, 0.717) is 12.3 Å². The zero-order valence-corrected chi connectivity index (χ0v) is 11.7. The fourth-order valence-electron chi connectivity index (χ4n) is 2.20. The molecule has 0 saturated carbocycles. The van der Waals surface area contributed by atoms with Crippen LogP contribution in [0.3, 0.4) is 0 Å². The van der Waals surface area contributed by atoms with Crippen LogP contribution in [-0.4, -0.2) is 28.8 Å². The maximum Gasteiger partial charge on any atom is 0.220 e. The summed E-state index contributed by atoms with van der Waals surface area (Å²) in [6, 6.07) is 0.0329. The summed E-state index contributed by atoms with van der Waals surface area (Å²) in [5.74, 6) is 0.631. The van der Waals surface area contributed by atoms with Gasteiger partial charge >= 0.3 is 0 Å².